The molecule has 0 fully saturated rings. The predicted octanol–water partition coefficient (Wildman–Crippen LogP) is 6.96. The fourth-order valence-corrected chi connectivity index (χ4v) is 3.85. The molecule has 0 bridgehead atoms. The molecule has 0 saturated carbocycles. The number of hydrogen-bond donors (Lipinski definition) is 0. The summed E-state index contributed by atoms with van der Waals surface area (Å²) in [5, 5.41) is 0. The first-order valence-electron chi connectivity index (χ1n) is 8.29. The molecule has 0 aromatic heterocycles. The maximum absolute atomic E-state index is 3.80. The molecule has 0 nitrogen and oxygen atoms in total. The van der Waals surface area contributed by atoms with Crippen LogP contribution in [-0.4, -0.2) is 0 Å². The van der Waals surface area contributed by atoms with E-state index in [0.29, 0.717) is 10.7 Å². The second-order valence-electron chi connectivity index (χ2n) is 7.27. The first-order chi connectivity index (χ1) is 10.4. The van der Waals surface area contributed by atoms with Gasteiger partial charge in [0.25, 0.3) is 0 Å². The van der Waals surface area contributed by atoms with Crippen LogP contribution in [0.3, 0.4) is 0 Å². The number of rotatable bonds is 3. The highest BCUT2D eigenvalue weighted by Crippen LogP contribution is 2.50. The average molecular weight is 357 g/mol. The van der Waals surface area contributed by atoms with Crippen LogP contribution in [0.1, 0.15) is 74.0 Å². The van der Waals surface area contributed by atoms with Crippen LogP contribution in [0.15, 0.2) is 36.4 Å². The largest absolute Gasteiger partial charge is 0.0839 e. The Balaban J connectivity index is 2.17. The minimum absolute atomic E-state index is 0.0893. The van der Waals surface area contributed by atoms with Gasteiger partial charge in [0.05, 0.1) is 0 Å². The lowest BCUT2D eigenvalue weighted by Gasteiger charge is -2.23. The zero-order chi connectivity index (χ0) is 16.1. The van der Waals surface area contributed by atoms with Crippen LogP contribution in [0, 0.1) is 0 Å². The summed E-state index contributed by atoms with van der Waals surface area (Å²) in [6.45, 7) is 11.5. The Morgan fingerprint density at radius 2 is 1.41 bits per heavy atom. The van der Waals surface area contributed by atoms with Crippen molar-refractivity contribution in [1.82, 2.24) is 0 Å². The fraction of sp³-hybridized carbons (Fsp3) is 0.429. The lowest BCUT2D eigenvalue weighted by Crippen LogP contribution is -2.15. The van der Waals surface area contributed by atoms with Gasteiger partial charge in [0, 0.05) is 10.2 Å². The van der Waals surface area contributed by atoms with Gasteiger partial charge in [-0.1, -0.05) is 86.9 Å². The topological polar surface area (TPSA) is 0 Å². The van der Waals surface area contributed by atoms with Crippen LogP contribution in [0.25, 0.3) is 11.1 Å². The van der Waals surface area contributed by atoms with Gasteiger partial charge < -0.3 is 0 Å². The van der Waals surface area contributed by atoms with E-state index < -0.39 is 0 Å². The number of halogens is 1. The SMILES string of the molecule is CCC(Br)c1ccc2c(c1)C(C)(C)c1cc(C(C)C)ccc1-2. The predicted molar refractivity (Wildman–Crippen MR) is 100 cm³/mol. The Labute approximate surface area is 143 Å². The maximum atomic E-state index is 3.80. The van der Waals surface area contributed by atoms with E-state index in [9.17, 15) is 0 Å². The van der Waals surface area contributed by atoms with Gasteiger partial charge in [0.1, 0.15) is 0 Å². The van der Waals surface area contributed by atoms with E-state index in [1.807, 2.05) is 0 Å². The molecular weight excluding hydrogens is 332 g/mol. The quantitative estimate of drug-likeness (QED) is 0.521. The second-order valence-corrected chi connectivity index (χ2v) is 8.37. The Bertz CT molecular complexity index is 710. The third-order valence-electron chi connectivity index (χ3n) is 5.11. The molecule has 116 valence electrons. The second kappa shape index (κ2) is 5.53. The van der Waals surface area contributed by atoms with Crippen molar-refractivity contribution in [3.8, 4) is 11.1 Å². The first-order valence-corrected chi connectivity index (χ1v) is 9.21. The Hall–Kier alpha value is -1.08. The molecule has 0 aliphatic heterocycles. The number of alkyl halides is 1. The van der Waals surface area contributed by atoms with Crippen LogP contribution in [0.5, 0.6) is 0 Å². The lowest BCUT2D eigenvalue weighted by molar-refractivity contribution is 0.656. The highest BCUT2D eigenvalue weighted by molar-refractivity contribution is 9.09. The highest BCUT2D eigenvalue weighted by atomic mass is 79.9. The van der Waals surface area contributed by atoms with Crippen molar-refractivity contribution in [2.45, 2.75) is 57.2 Å². The van der Waals surface area contributed by atoms with Gasteiger partial charge in [-0.3, -0.25) is 0 Å². The molecule has 0 amide bonds. The van der Waals surface area contributed by atoms with Crippen molar-refractivity contribution in [3.63, 3.8) is 0 Å². The van der Waals surface area contributed by atoms with Crippen molar-refractivity contribution < 1.29 is 0 Å². The Morgan fingerprint density at radius 1 is 0.909 bits per heavy atom. The molecule has 1 unspecified atom stereocenters. The van der Waals surface area contributed by atoms with Crippen molar-refractivity contribution in [2.75, 3.05) is 0 Å². The lowest BCUT2D eigenvalue weighted by atomic mass is 9.80. The van der Waals surface area contributed by atoms with Gasteiger partial charge in [0.15, 0.2) is 0 Å². The normalized spacial score (nSPS) is 16.5. The molecule has 1 aliphatic carbocycles. The van der Waals surface area contributed by atoms with Crippen LogP contribution in [0.4, 0.5) is 0 Å². The summed E-state index contributed by atoms with van der Waals surface area (Å²) in [7, 11) is 0. The zero-order valence-electron chi connectivity index (χ0n) is 14.2. The molecule has 1 aliphatic rings. The third kappa shape index (κ3) is 2.34. The fourth-order valence-electron chi connectivity index (χ4n) is 3.56. The first kappa shape index (κ1) is 15.8. The monoisotopic (exact) mass is 356 g/mol. The Kier molecular flexibility index (Phi) is 3.97. The van der Waals surface area contributed by atoms with E-state index in [1.165, 1.54) is 33.4 Å². The van der Waals surface area contributed by atoms with Gasteiger partial charge in [-0.2, -0.15) is 0 Å². The standard InChI is InChI=1S/C21H25Br/c1-6-20(22)15-8-10-17-16-9-7-14(13(2)3)11-18(16)21(4,5)19(17)12-15/h7-13,20H,6H2,1-5H3. The summed E-state index contributed by atoms with van der Waals surface area (Å²) in [4.78, 5) is 0.448. The minimum atomic E-state index is 0.0893. The zero-order valence-corrected chi connectivity index (χ0v) is 15.8. The molecular formula is C21H25Br. The number of benzene rings is 2. The number of hydrogen-bond acceptors (Lipinski definition) is 0. The average Bonchev–Trinajstić information content (AvgIpc) is 2.74. The molecule has 0 heterocycles. The summed E-state index contributed by atoms with van der Waals surface area (Å²) < 4.78 is 0. The summed E-state index contributed by atoms with van der Waals surface area (Å²) >= 11 is 3.80. The molecule has 2 aromatic carbocycles. The molecule has 3 rings (SSSR count). The summed E-state index contributed by atoms with van der Waals surface area (Å²) in [6, 6.07) is 14.0. The van der Waals surface area contributed by atoms with Gasteiger partial charge in [-0.05, 0) is 45.7 Å². The van der Waals surface area contributed by atoms with Crippen LogP contribution >= 0.6 is 15.9 Å². The van der Waals surface area contributed by atoms with Gasteiger partial charge in [0.2, 0.25) is 0 Å². The van der Waals surface area contributed by atoms with Gasteiger partial charge in [-0.25, -0.2) is 0 Å². The van der Waals surface area contributed by atoms with E-state index >= 15 is 0 Å². The van der Waals surface area contributed by atoms with Crippen LogP contribution < -0.4 is 0 Å². The van der Waals surface area contributed by atoms with Gasteiger partial charge >= 0.3 is 0 Å². The van der Waals surface area contributed by atoms with Crippen molar-refractivity contribution in [1.29, 1.82) is 0 Å². The van der Waals surface area contributed by atoms with Crippen molar-refractivity contribution in [2.24, 2.45) is 0 Å². The molecule has 0 spiro atoms. The summed E-state index contributed by atoms with van der Waals surface area (Å²) in [6.07, 6.45) is 1.11. The highest BCUT2D eigenvalue weighted by Gasteiger charge is 2.36. The smallest absolute Gasteiger partial charge is 0.0392 e. The van der Waals surface area contributed by atoms with E-state index in [1.54, 1.807) is 0 Å². The molecule has 2 aromatic rings. The van der Waals surface area contributed by atoms with E-state index in [-0.39, 0.29) is 5.41 Å². The van der Waals surface area contributed by atoms with E-state index in [4.69, 9.17) is 0 Å². The number of fused-ring (bicyclic) bond motifs is 3. The molecule has 0 radical (unpaired) electrons. The van der Waals surface area contributed by atoms with Crippen molar-refractivity contribution in [3.05, 3.63) is 58.7 Å². The third-order valence-corrected chi connectivity index (χ3v) is 6.29. The summed E-state index contributed by atoms with van der Waals surface area (Å²) in [5.74, 6) is 0.576. The van der Waals surface area contributed by atoms with Crippen LogP contribution in [0.2, 0.25) is 0 Å². The maximum Gasteiger partial charge on any atom is 0.0392 e. The Morgan fingerprint density at radius 3 is 1.91 bits per heavy atom. The van der Waals surface area contributed by atoms with Gasteiger partial charge in [-0.15, -0.1) is 0 Å². The minimum Gasteiger partial charge on any atom is -0.0839 e. The molecule has 22 heavy (non-hydrogen) atoms. The van der Waals surface area contributed by atoms with Crippen LogP contribution in [-0.2, 0) is 5.41 Å². The molecule has 0 saturated heterocycles. The molecule has 1 atom stereocenters. The van der Waals surface area contributed by atoms with Crippen molar-refractivity contribution >= 4 is 15.9 Å². The van der Waals surface area contributed by atoms with E-state index in [0.717, 1.165) is 6.42 Å². The van der Waals surface area contributed by atoms with E-state index in [2.05, 4.69) is 86.9 Å². The molecule has 0 N–H and O–H groups in total. The summed E-state index contributed by atoms with van der Waals surface area (Å²) in [5.41, 5.74) is 8.70. The molecule has 1 heteroatoms.